The van der Waals surface area contributed by atoms with Gasteiger partial charge < -0.3 is 14.9 Å². The van der Waals surface area contributed by atoms with E-state index >= 15 is 0 Å². The van der Waals surface area contributed by atoms with Crippen LogP contribution in [-0.4, -0.2) is 53.1 Å². The number of nitrogens with zero attached hydrogens (tertiary/aromatic N) is 2. The van der Waals surface area contributed by atoms with Crippen LogP contribution >= 0.6 is 0 Å². The van der Waals surface area contributed by atoms with Crippen molar-refractivity contribution in [2.24, 2.45) is 0 Å². The molecule has 0 aliphatic carbocycles. The predicted octanol–water partition coefficient (Wildman–Crippen LogP) is 2.19. The van der Waals surface area contributed by atoms with Gasteiger partial charge in [0.05, 0.1) is 6.42 Å². The Hall–Kier alpha value is -1.52. The molecule has 18 heavy (non-hydrogen) atoms. The molecular weight excluding hydrogens is 232 g/mol. The van der Waals surface area contributed by atoms with Crippen LogP contribution in [0.3, 0.4) is 0 Å². The molecule has 1 atom stereocenters. The molecule has 0 saturated heterocycles. The number of rotatable bonds is 8. The Bertz CT molecular complexity index is 292. The van der Waals surface area contributed by atoms with E-state index in [1.807, 2.05) is 13.0 Å². The second kappa shape index (κ2) is 8.55. The molecule has 1 N–H and O–H groups in total. The highest BCUT2D eigenvalue weighted by Gasteiger charge is 2.23. The van der Waals surface area contributed by atoms with Gasteiger partial charge in [-0.25, -0.2) is 4.79 Å². The van der Waals surface area contributed by atoms with Gasteiger partial charge in [-0.15, -0.1) is 6.58 Å². The molecule has 0 heterocycles. The summed E-state index contributed by atoms with van der Waals surface area (Å²) in [7, 11) is 1.74. The van der Waals surface area contributed by atoms with Gasteiger partial charge >= 0.3 is 12.0 Å². The summed E-state index contributed by atoms with van der Waals surface area (Å²) in [4.78, 5) is 26.0. The van der Waals surface area contributed by atoms with Crippen molar-refractivity contribution in [1.82, 2.24) is 9.80 Å². The number of urea groups is 1. The quantitative estimate of drug-likeness (QED) is 0.535. The Labute approximate surface area is 109 Å². The van der Waals surface area contributed by atoms with Gasteiger partial charge in [-0.2, -0.15) is 0 Å². The molecule has 0 aromatic heterocycles. The van der Waals surface area contributed by atoms with Gasteiger partial charge in [0, 0.05) is 26.2 Å². The molecule has 0 aromatic carbocycles. The summed E-state index contributed by atoms with van der Waals surface area (Å²) in [5.74, 6) is -0.886. The average Bonchev–Trinajstić information content (AvgIpc) is 2.28. The minimum atomic E-state index is -0.886. The van der Waals surface area contributed by atoms with Crippen LogP contribution in [0.25, 0.3) is 0 Å². The van der Waals surface area contributed by atoms with Crippen LogP contribution in [0.1, 0.15) is 33.1 Å². The molecular formula is C13H24N2O3. The van der Waals surface area contributed by atoms with E-state index in [-0.39, 0.29) is 18.5 Å². The minimum Gasteiger partial charge on any atom is -0.481 e. The Morgan fingerprint density at radius 3 is 2.50 bits per heavy atom. The summed E-state index contributed by atoms with van der Waals surface area (Å²) in [6.07, 6.45) is 3.54. The Balaban J connectivity index is 4.40. The van der Waals surface area contributed by atoms with Gasteiger partial charge in [-0.3, -0.25) is 4.79 Å². The fourth-order valence-electron chi connectivity index (χ4n) is 1.79. The van der Waals surface area contributed by atoms with Crippen LogP contribution in [0.4, 0.5) is 4.79 Å². The molecule has 0 aliphatic heterocycles. The van der Waals surface area contributed by atoms with E-state index in [9.17, 15) is 9.59 Å². The third-order valence-corrected chi connectivity index (χ3v) is 2.82. The summed E-state index contributed by atoms with van der Waals surface area (Å²) >= 11 is 0. The lowest BCUT2D eigenvalue weighted by molar-refractivity contribution is -0.138. The Morgan fingerprint density at radius 2 is 2.06 bits per heavy atom. The van der Waals surface area contributed by atoms with E-state index in [4.69, 9.17) is 5.11 Å². The largest absolute Gasteiger partial charge is 0.481 e. The fraction of sp³-hybridized carbons (Fsp3) is 0.692. The number of carboxylic acids is 1. The van der Waals surface area contributed by atoms with Gasteiger partial charge in [0.15, 0.2) is 0 Å². The second-order valence-electron chi connectivity index (χ2n) is 4.37. The van der Waals surface area contributed by atoms with Crippen molar-refractivity contribution < 1.29 is 14.7 Å². The van der Waals surface area contributed by atoms with Crippen molar-refractivity contribution in [2.45, 2.75) is 39.2 Å². The van der Waals surface area contributed by atoms with Crippen molar-refractivity contribution in [3.8, 4) is 0 Å². The van der Waals surface area contributed by atoms with Crippen LogP contribution in [0.15, 0.2) is 12.7 Å². The van der Waals surface area contributed by atoms with Crippen molar-refractivity contribution >= 4 is 12.0 Å². The van der Waals surface area contributed by atoms with Crippen LogP contribution < -0.4 is 0 Å². The monoisotopic (exact) mass is 256 g/mol. The van der Waals surface area contributed by atoms with Gasteiger partial charge in [0.2, 0.25) is 0 Å². The number of hydrogen-bond donors (Lipinski definition) is 1. The maximum Gasteiger partial charge on any atom is 0.319 e. The Morgan fingerprint density at radius 1 is 1.44 bits per heavy atom. The highest BCUT2D eigenvalue weighted by molar-refractivity contribution is 5.75. The number of hydrogen-bond acceptors (Lipinski definition) is 2. The first-order chi connectivity index (χ1) is 8.43. The number of carbonyl (C=O) groups is 2. The first kappa shape index (κ1) is 16.5. The number of allylic oxidation sites excluding steroid dienone is 1. The topological polar surface area (TPSA) is 60.9 Å². The minimum absolute atomic E-state index is 0.0277. The predicted molar refractivity (Wildman–Crippen MR) is 71.6 cm³/mol. The molecule has 0 fully saturated rings. The number of carboxylic acid groups (broad SMARTS) is 1. The molecule has 0 bridgehead atoms. The highest BCUT2D eigenvalue weighted by atomic mass is 16.4. The van der Waals surface area contributed by atoms with E-state index in [0.29, 0.717) is 13.1 Å². The lowest BCUT2D eigenvalue weighted by Gasteiger charge is -2.31. The molecule has 0 aliphatic rings. The summed E-state index contributed by atoms with van der Waals surface area (Å²) in [6.45, 7) is 8.41. The Kier molecular flexibility index (Phi) is 7.83. The van der Waals surface area contributed by atoms with Crippen LogP contribution in [-0.2, 0) is 4.79 Å². The smallest absolute Gasteiger partial charge is 0.319 e. The van der Waals surface area contributed by atoms with E-state index in [0.717, 1.165) is 12.8 Å². The zero-order chi connectivity index (χ0) is 14.1. The maximum absolute atomic E-state index is 12.1. The molecule has 0 aromatic rings. The molecule has 5 heteroatoms. The maximum atomic E-state index is 12.1. The first-order valence-electron chi connectivity index (χ1n) is 6.28. The number of unbranched alkanes of at least 4 members (excludes halogenated alkanes) is 1. The lowest BCUT2D eigenvalue weighted by Crippen LogP contribution is -2.46. The van der Waals surface area contributed by atoms with Crippen molar-refractivity contribution in [1.29, 1.82) is 0 Å². The van der Waals surface area contributed by atoms with Crippen molar-refractivity contribution in [2.75, 3.05) is 20.1 Å². The van der Waals surface area contributed by atoms with Crippen molar-refractivity contribution in [3.05, 3.63) is 12.7 Å². The number of carbonyl (C=O) groups excluding carboxylic acids is 1. The summed E-state index contributed by atoms with van der Waals surface area (Å²) in [5, 5.41) is 8.76. The van der Waals surface area contributed by atoms with Crippen LogP contribution in [0.5, 0.6) is 0 Å². The third-order valence-electron chi connectivity index (χ3n) is 2.82. The molecule has 0 saturated carbocycles. The normalized spacial score (nSPS) is 11.7. The molecule has 0 radical (unpaired) electrons. The SMILES string of the molecule is C=CCCCN(C)C(=O)N(CC)C(C)CC(=O)O. The summed E-state index contributed by atoms with van der Waals surface area (Å²) in [6, 6.07) is -0.405. The molecule has 0 spiro atoms. The van der Waals surface area contributed by atoms with Gasteiger partial charge in [-0.1, -0.05) is 6.08 Å². The standard InChI is InChI=1S/C13H24N2O3/c1-5-7-8-9-14(4)13(18)15(6-2)11(3)10-12(16)17/h5,11H,1,6-10H2,2-4H3,(H,16,17). The summed E-state index contributed by atoms with van der Waals surface area (Å²) in [5.41, 5.74) is 0. The molecule has 104 valence electrons. The number of amides is 2. The van der Waals surface area contributed by atoms with Crippen LogP contribution in [0.2, 0.25) is 0 Å². The lowest BCUT2D eigenvalue weighted by atomic mass is 10.2. The van der Waals surface area contributed by atoms with Gasteiger partial charge in [0.1, 0.15) is 0 Å². The summed E-state index contributed by atoms with van der Waals surface area (Å²) < 4.78 is 0. The van der Waals surface area contributed by atoms with E-state index in [2.05, 4.69) is 6.58 Å². The average molecular weight is 256 g/mol. The highest BCUT2D eigenvalue weighted by Crippen LogP contribution is 2.08. The molecule has 1 unspecified atom stereocenters. The van der Waals surface area contributed by atoms with E-state index < -0.39 is 5.97 Å². The van der Waals surface area contributed by atoms with Crippen molar-refractivity contribution in [3.63, 3.8) is 0 Å². The van der Waals surface area contributed by atoms with Gasteiger partial charge in [-0.05, 0) is 26.7 Å². The number of aliphatic carboxylic acids is 1. The molecule has 2 amide bonds. The second-order valence-corrected chi connectivity index (χ2v) is 4.37. The third kappa shape index (κ3) is 5.70. The van der Waals surface area contributed by atoms with E-state index in [1.54, 1.807) is 23.8 Å². The van der Waals surface area contributed by atoms with E-state index in [1.165, 1.54) is 0 Å². The molecule has 5 nitrogen and oxygen atoms in total. The zero-order valence-corrected chi connectivity index (χ0v) is 11.6. The first-order valence-corrected chi connectivity index (χ1v) is 6.28. The zero-order valence-electron chi connectivity index (χ0n) is 11.6. The molecule has 0 rings (SSSR count). The van der Waals surface area contributed by atoms with Crippen LogP contribution in [0, 0.1) is 0 Å². The van der Waals surface area contributed by atoms with Gasteiger partial charge in [0.25, 0.3) is 0 Å². The fourth-order valence-corrected chi connectivity index (χ4v) is 1.79.